The van der Waals surface area contributed by atoms with Gasteiger partial charge in [-0.3, -0.25) is 0 Å². The van der Waals surface area contributed by atoms with Gasteiger partial charge in [-0.25, -0.2) is 0 Å². The minimum Gasteiger partial charge on any atom is -0.310 e. The number of hydrogen-bond acceptors (Lipinski definition) is 5. The Bertz CT molecular complexity index is 824. The first-order chi connectivity index (χ1) is 12.6. The highest BCUT2D eigenvalue weighted by atomic mass is 32.2. The molecule has 2 aromatic carbocycles. The standard InChI is InChI=1S/C20H25N5S/c1-14(2)15(3)21-13-16-5-7-17(8-6-16)20-22-24-25(23-20)18-9-11-19(26-4)12-10-18/h5-12,14-15,21H,13H2,1-4H3/t15-/m0/s1. The summed E-state index contributed by atoms with van der Waals surface area (Å²) in [7, 11) is 0. The number of hydrogen-bond donors (Lipinski definition) is 1. The van der Waals surface area contributed by atoms with Gasteiger partial charge in [0.25, 0.3) is 0 Å². The van der Waals surface area contributed by atoms with E-state index in [2.05, 4.69) is 84.2 Å². The summed E-state index contributed by atoms with van der Waals surface area (Å²) in [6.45, 7) is 7.53. The fraction of sp³-hybridized carbons (Fsp3) is 0.350. The molecule has 1 aromatic heterocycles. The number of tetrazole rings is 1. The van der Waals surface area contributed by atoms with E-state index in [1.165, 1.54) is 10.5 Å². The van der Waals surface area contributed by atoms with Gasteiger partial charge in [0.05, 0.1) is 5.69 Å². The number of aromatic nitrogens is 4. The largest absolute Gasteiger partial charge is 0.310 e. The van der Waals surface area contributed by atoms with Gasteiger partial charge in [-0.1, -0.05) is 38.1 Å². The molecule has 0 saturated carbocycles. The lowest BCUT2D eigenvalue weighted by atomic mass is 10.1. The monoisotopic (exact) mass is 367 g/mol. The fourth-order valence-corrected chi connectivity index (χ4v) is 2.85. The van der Waals surface area contributed by atoms with Crippen LogP contribution in [0.15, 0.2) is 53.4 Å². The highest BCUT2D eigenvalue weighted by Crippen LogP contribution is 2.18. The van der Waals surface area contributed by atoms with Crippen molar-refractivity contribution < 1.29 is 0 Å². The Hall–Kier alpha value is -2.18. The number of thioether (sulfide) groups is 1. The molecule has 1 atom stereocenters. The van der Waals surface area contributed by atoms with Crippen molar-refractivity contribution in [3.63, 3.8) is 0 Å². The molecule has 0 amide bonds. The van der Waals surface area contributed by atoms with E-state index >= 15 is 0 Å². The molecule has 0 unspecified atom stereocenters. The Morgan fingerprint density at radius 2 is 1.69 bits per heavy atom. The van der Waals surface area contributed by atoms with Gasteiger partial charge in [0.1, 0.15) is 0 Å². The van der Waals surface area contributed by atoms with Crippen LogP contribution in [0.3, 0.4) is 0 Å². The molecule has 0 radical (unpaired) electrons. The zero-order chi connectivity index (χ0) is 18.5. The van der Waals surface area contributed by atoms with Crippen molar-refractivity contribution in [1.29, 1.82) is 0 Å². The van der Waals surface area contributed by atoms with Gasteiger partial charge in [-0.05, 0) is 54.1 Å². The molecule has 0 aliphatic heterocycles. The molecule has 0 bridgehead atoms. The van der Waals surface area contributed by atoms with E-state index in [0.717, 1.165) is 17.8 Å². The van der Waals surface area contributed by atoms with E-state index in [1.807, 2.05) is 12.1 Å². The second-order valence-corrected chi connectivity index (χ2v) is 7.59. The first-order valence-corrected chi connectivity index (χ1v) is 10.1. The van der Waals surface area contributed by atoms with Crippen LogP contribution in [-0.2, 0) is 6.54 Å². The summed E-state index contributed by atoms with van der Waals surface area (Å²) in [6.07, 6.45) is 2.06. The predicted molar refractivity (Wildman–Crippen MR) is 108 cm³/mol. The van der Waals surface area contributed by atoms with E-state index in [1.54, 1.807) is 16.6 Å². The summed E-state index contributed by atoms with van der Waals surface area (Å²) in [5, 5.41) is 16.4. The quantitative estimate of drug-likeness (QED) is 0.635. The van der Waals surface area contributed by atoms with Gasteiger partial charge in [-0.15, -0.1) is 26.8 Å². The van der Waals surface area contributed by atoms with Crippen molar-refractivity contribution in [3.8, 4) is 17.1 Å². The number of rotatable bonds is 7. The van der Waals surface area contributed by atoms with Gasteiger partial charge in [0, 0.05) is 23.0 Å². The first-order valence-electron chi connectivity index (χ1n) is 8.84. The molecule has 136 valence electrons. The van der Waals surface area contributed by atoms with Crippen molar-refractivity contribution in [2.75, 3.05) is 6.26 Å². The number of benzene rings is 2. The topological polar surface area (TPSA) is 55.6 Å². The van der Waals surface area contributed by atoms with Crippen LogP contribution >= 0.6 is 11.8 Å². The van der Waals surface area contributed by atoms with Gasteiger partial charge in [0.15, 0.2) is 0 Å². The van der Waals surface area contributed by atoms with E-state index in [9.17, 15) is 0 Å². The number of nitrogens with one attached hydrogen (secondary N) is 1. The maximum atomic E-state index is 4.51. The molecule has 0 aliphatic carbocycles. The Labute approximate surface area is 159 Å². The molecular formula is C20H25N5S. The van der Waals surface area contributed by atoms with Crippen LogP contribution in [0.1, 0.15) is 26.3 Å². The SMILES string of the molecule is CSc1ccc(-n2nnc(-c3ccc(CN[C@@H](C)C(C)C)cc3)n2)cc1. The first kappa shape index (κ1) is 18.6. The third-order valence-corrected chi connectivity index (χ3v) is 5.30. The Morgan fingerprint density at radius 3 is 2.31 bits per heavy atom. The maximum absolute atomic E-state index is 4.51. The van der Waals surface area contributed by atoms with Crippen molar-refractivity contribution >= 4 is 11.8 Å². The average Bonchev–Trinajstić information content (AvgIpc) is 3.16. The summed E-state index contributed by atoms with van der Waals surface area (Å²) >= 11 is 1.71. The van der Waals surface area contributed by atoms with E-state index in [-0.39, 0.29) is 0 Å². The fourth-order valence-electron chi connectivity index (χ4n) is 2.44. The number of nitrogens with zero attached hydrogens (tertiary/aromatic N) is 4. The van der Waals surface area contributed by atoms with Gasteiger partial charge < -0.3 is 5.32 Å². The molecule has 3 aromatic rings. The van der Waals surface area contributed by atoms with Crippen LogP contribution in [0, 0.1) is 5.92 Å². The molecule has 1 heterocycles. The molecule has 0 fully saturated rings. The lowest BCUT2D eigenvalue weighted by molar-refractivity contribution is 0.426. The molecule has 5 nitrogen and oxygen atoms in total. The zero-order valence-corrected chi connectivity index (χ0v) is 16.5. The van der Waals surface area contributed by atoms with Crippen LogP contribution < -0.4 is 5.32 Å². The van der Waals surface area contributed by atoms with Crippen molar-refractivity contribution in [2.45, 2.75) is 38.3 Å². The highest BCUT2D eigenvalue weighted by molar-refractivity contribution is 7.98. The Morgan fingerprint density at radius 1 is 1.00 bits per heavy atom. The predicted octanol–water partition coefficient (Wildman–Crippen LogP) is 4.19. The van der Waals surface area contributed by atoms with Crippen LogP contribution in [0.2, 0.25) is 0 Å². The smallest absolute Gasteiger partial charge is 0.205 e. The lowest BCUT2D eigenvalue weighted by Gasteiger charge is -2.17. The lowest BCUT2D eigenvalue weighted by Crippen LogP contribution is -2.30. The molecule has 26 heavy (non-hydrogen) atoms. The minimum atomic E-state index is 0.494. The van der Waals surface area contributed by atoms with Gasteiger partial charge in [0.2, 0.25) is 5.82 Å². The summed E-state index contributed by atoms with van der Waals surface area (Å²) < 4.78 is 0. The third kappa shape index (κ3) is 4.51. The minimum absolute atomic E-state index is 0.494. The summed E-state index contributed by atoms with van der Waals surface area (Å²) in [6, 6.07) is 16.9. The molecule has 3 rings (SSSR count). The van der Waals surface area contributed by atoms with Crippen molar-refractivity contribution in [3.05, 3.63) is 54.1 Å². The maximum Gasteiger partial charge on any atom is 0.205 e. The summed E-state index contributed by atoms with van der Waals surface area (Å²) in [5.41, 5.74) is 3.13. The molecule has 0 saturated heterocycles. The summed E-state index contributed by atoms with van der Waals surface area (Å²) in [5.74, 6) is 1.26. The van der Waals surface area contributed by atoms with Crippen molar-refractivity contribution in [1.82, 2.24) is 25.5 Å². The van der Waals surface area contributed by atoms with Crippen LogP contribution in [0.25, 0.3) is 17.1 Å². The van der Waals surface area contributed by atoms with E-state index in [4.69, 9.17) is 0 Å². The highest BCUT2D eigenvalue weighted by Gasteiger charge is 2.09. The van der Waals surface area contributed by atoms with Crippen LogP contribution in [0.5, 0.6) is 0 Å². The van der Waals surface area contributed by atoms with Crippen LogP contribution in [-0.4, -0.2) is 32.5 Å². The van der Waals surface area contributed by atoms with Gasteiger partial charge in [-0.2, -0.15) is 0 Å². The zero-order valence-electron chi connectivity index (χ0n) is 15.7. The average molecular weight is 368 g/mol. The van der Waals surface area contributed by atoms with Crippen molar-refractivity contribution in [2.24, 2.45) is 5.92 Å². The normalized spacial score (nSPS) is 12.5. The summed E-state index contributed by atoms with van der Waals surface area (Å²) in [4.78, 5) is 2.78. The van der Waals surface area contributed by atoms with Gasteiger partial charge >= 0.3 is 0 Å². The second kappa shape index (κ2) is 8.47. The second-order valence-electron chi connectivity index (χ2n) is 6.71. The molecular weight excluding hydrogens is 342 g/mol. The molecule has 0 spiro atoms. The van der Waals surface area contributed by atoms with Crippen LogP contribution in [0.4, 0.5) is 0 Å². The molecule has 6 heteroatoms. The molecule has 0 aliphatic rings. The Balaban J connectivity index is 1.68. The Kier molecular flexibility index (Phi) is 6.06. The van der Waals surface area contributed by atoms with E-state index in [0.29, 0.717) is 17.8 Å². The van der Waals surface area contributed by atoms with E-state index < -0.39 is 0 Å². The molecule has 1 N–H and O–H groups in total. The third-order valence-electron chi connectivity index (χ3n) is 4.56.